The number of hydrogen-bond donors (Lipinski definition) is 0. The number of cyclic esters (lactones) is 1. The van der Waals surface area contributed by atoms with Gasteiger partial charge in [0.15, 0.2) is 17.2 Å². The van der Waals surface area contributed by atoms with Crippen LogP contribution in [0.5, 0.6) is 23.0 Å². The third-order valence-corrected chi connectivity index (χ3v) is 4.94. The van der Waals surface area contributed by atoms with Crippen molar-refractivity contribution in [3.63, 3.8) is 0 Å². The van der Waals surface area contributed by atoms with E-state index in [1.807, 2.05) is 30.3 Å². The molecule has 0 unspecified atom stereocenters. The van der Waals surface area contributed by atoms with Gasteiger partial charge in [-0.15, -0.1) is 0 Å². The zero-order chi connectivity index (χ0) is 24.1. The van der Waals surface area contributed by atoms with Crippen molar-refractivity contribution >= 4 is 23.9 Å². The minimum Gasteiger partial charge on any atom is -0.493 e. The normalized spacial score (nSPS) is 13.8. The number of esters is 2. The van der Waals surface area contributed by atoms with Crippen LogP contribution >= 0.6 is 0 Å². The molecule has 0 radical (unpaired) electrons. The van der Waals surface area contributed by atoms with Gasteiger partial charge in [0.1, 0.15) is 5.75 Å². The highest BCUT2D eigenvalue weighted by Crippen LogP contribution is 2.38. The third-order valence-electron chi connectivity index (χ3n) is 4.94. The molecule has 0 atom stereocenters. The van der Waals surface area contributed by atoms with Crippen LogP contribution in [0.15, 0.2) is 77.4 Å². The van der Waals surface area contributed by atoms with E-state index in [4.69, 9.17) is 23.7 Å². The number of nitrogens with zero attached hydrogens (tertiary/aromatic N) is 1. The smallest absolute Gasteiger partial charge is 0.363 e. The summed E-state index contributed by atoms with van der Waals surface area (Å²) in [5.74, 6) is 0.515. The molecule has 1 heterocycles. The number of ether oxygens (including phenoxy) is 5. The summed E-state index contributed by atoms with van der Waals surface area (Å²) in [4.78, 5) is 29.1. The fourth-order valence-corrected chi connectivity index (χ4v) is 3.27. The minimum absolute atomic E-state index is 0.182. The number of methoxy groups -OCH3 is 3. The van der Waals surface area contributed by atoms with Crippen molar-refractivity contribution in [2.75, 3.05) is 21.3 Å². The van der Waals surface area contributed by atoms with Crippen molar-refractivity contribution in [1.82, 2.24) is 0 Å². The van der Waals surface area contributed by atoms with Crippen LogP contribution in [0, 0.1) is 0 Å². The fourth-order valence-electron chi connectivity index (χ4n) is 3.27. The Kier molecular flexibility index (Phi) is 6.59. The molecule has 0 N–H and O–H groups in total. The van der Waals surface area contributed by atoms with Crippen LogP contribution in [-0.4, -0.2) is 39.2 Å². The molecule has 1 aliphatic heterocycles. The fraction of sp³-hybridized carbons (Fsp3) is 0.115. The second-order valence-electron chi connectivity index (χ2n) is 7.07. The maximum absolute atomic E-state index is 12.7. The summed E-state index contributed by atoms with van der Waals surface area (Å²) in [6, 6.07) is 18.8. The Morgan fingerprint density at radius 2 is 1.53 bits per heavy atom. The molecule has 0 fully saturated rings. The molecule has 1 aliphatic rings. The van der Waals surface area contributed by atoms with Crippen LogP contribution in [0.2, 0.25) is 0 Å². The van der Waals surface area contributed by atoms with E-state index < -0.39 is 11.9 Å². The van der Waals surface area contributed by atoms with E-state index in [9.17, 15) is 9.59 Å². The van der Waals surface area contributed by atoms with E-state index in [1.165, 1.54) is 33.5 Å². The maximum Gasteiger partial charge on any atom is 0.363 e. The molecule has 34 heavy (non-hydrogen) atoms. The number of carbonyl (C=O) groups excluding carboxylic acids is 2. The quantitative estimate of drug-likeness (QED) is 0.296. The van der Waals surface area contributed by atoms with E-state index in [2.05, 4.69) is 4.99 Å². The van der Waals surface area contributed by atoms with Crippen molar-refractivity contribution in [2.45, 2.75) is 0 Å². The number of hydrogen-bond acceptors (Lipinski definition) is 8. The molecule has 4 rings (SSSR count). The Labute approximate surface area is 196 Å². The molecule has 3 aromatic rings. The molecule has 0 aliphatic carbocycles. The highest BCUT2D eigenvalue weighted by Gasteiger charge is 2.24. The molecule has 8 heteroatoms. The molecule has 0 aromatic heterocycles. The van der Waals surface area contributed by atoms with Crippen LogP contribution < -0.4 is 18.9 Å². The van der Waals surface area contributed by atoms with Crippen molar-refractivity contribution in [2.24, 2.45) is 4.99 Å². The lowest BCUT2D eigenvalue weighted by Gasteiger charge is -2.13. The number of rotatable bonds is 7. The van der Waals surface area contributed by atoms with Gasteiger partial charge in [-0.1, -0.05) is 30.3 Å². The first-order chi connectivity index (χ1) is 16.5. The molecule has 0 bridgehead atoms. The van der Waals surface area contributed by atoms with Gasteiger partial charge >= 0.3 is 11.9 Å². The number of benzene rings is 3. The van der Waals surface area contributed by atoms with Gasteiger partial charge in [-0.2, -0.15) is 0 Å². The molecule has 172 valence electrons. The summed E-state index contributed by atoms with van der Waals surface area (Å²) in [5.41, 5.74) is 1.82. The predicted molar refractivity (Wildman–Crippen MR) is 125 cm³/mol. The van der Waals surface area contributed by atoms with E-state index in [1.54, 1.807) is 30.3 Å². The Hall–Kier alpha value is -4.59. The van der Waals surface area contributed by atoms with Crippen LogP contribution in [0.3, 0.4) is 0 Å². The highest BCUT2D eigenvalue weighted by atomic mass is 16.6. The lowest BCUT2D eigenvalue weighted by atomic mass is 10.1. The molecule has 8 nitrogen and oxygen atoms in total. The van der Waals surface area contributed by atoms with Gasteiger partial charge in [0.2, 0.25) is 11.6 Å². The van der Waals surface area contributed by atoms with Crippen LogP contribution in [0.1, 0.15) is 21.5 Å². The van der Waals surface area contributed by atoms with E-state index in [0.717, 1.165) is 0 Å². The van der Waals surface area contributed by atoms with Crippen molar-refractivity contribution in [1.29, 1.82) is 0 Å². The summed E-state index contributed by atoms with van der Waals surface area (Å²) in [5, 5.41) is 0. The highest BCUT2D eigenvalue weighted by molar-refractivity contribution is 6.12. The van der Waals surface area contributed by atoms with Gasteiger partial charge in [-0.05, 0) is 48.0 Å². The first-order valence-electron chi connectivity index (χ1n) is 10.2. The van der Waals surface area contributed by atoms with Crippen LogP contribution in [-0.2, 0) is 9.53 Å². The summed E-state index contributed by atoms with van der Waals surface area (Å²) < 4.78 is 26.5. The zero-order valence-corrected chi connectivity index (χ0v) is 18.7. The number of carbonyl (C=O) groups is 2. The summed E-state index contributed by atoms with van der Waals surface area (Å²) in [6.45, 7) is 0. The van der Waals surface area contributed by atoms with E-state index >= 15 is 0 Å². The van der Waals surface area contributed by atoms with Crippen molar-refractivity contribution < 1.29 is 33.3 Å². The number of aliphatic imine (C=N–C) groups is 1. The molecule has 3 aromatic carbocycles. The second-order valence-corrected chi connectivity index (χ2v) is 7.07. The minimum atomic E-state index is -0.596. The van der Waals surface area contributed by atoms with Gasteiger partial charge in [0.05, 0.1) is 26.9 Å². The zero-order valence-electron chi connectivity index (χ0n) is 18.7. The molecule has 0 amide bonds. The molecule has 0 saturated carbocycles. The maximum atomic E-state index is 12.7. The molecule has 0 spiro atoms. The summed E-state index contributed by atoms with van der Waals surface area (Å²) in [6.07, 6.45) is 1.60. The predicted octanol–water partition coefficient (Wildman–Crippen LogP) is 4.28. The topological polar surface area (TPSA) is 92.7 Å². The van der Waals surface area contributed by atoms with Crippen molar-refractivity contribution in [3.8, 4) is 23.0 Å². The van der Waals surface area contributed by atoms with Gasteiger partial charge in [0, 0.05) is 5.56 Å². The molecule has 0 saturated heterocycles. The van der Waals surface area contributed by atoms with Gasteiger partial charge in [0.25, 0.3) is 0 Å². The van der Waals surface area contributed by atoms with E-state index in [0.29, 0.717) is 34.1 Å². The first-order valence-corrected chi connectivity index (χ1v) is 10.2. The SMILES string of the molecule is COc1cc(C(=O)Oc2ccc(/C=C3\N=C(c4ccccc4)OC3=O)cc2)cc(OC)c1OC. The standard InChI is InChI=1S/C26H21NO7/c1-30-21-14-18(15-22(31-2)23(21)32-3)25(28)33-19-11-9-16(10-12-19)13-20-26(29)34-24(27-20)17-7-5-4-6-8-17/h4-15H,1-3H3/b20-13-. The lowest BCUT2D eigenvalue weighted by Crippen LogP contribution is -2.09. The van der Waals surface area contributed by atoms with E-state index in [-0.39, 0.29) is 17.2 Å². The second kappa shape index (κ2) is 9.91. The van der Waals surface area contributed by atoms with Gasteiger partial charge in [-0.3, -0.25) is 0 Å². The Bertz CT molecular complexity index is 1250. The van der Waals surface area contributed by atoms with Gasteiger partial charge in [-0.25, -0.2) is 14.6 Å². The summed E-state index contributed by atoms with van der Waals surface area (Å²) in [7, 11) is 4.41. The first kappa shape index (κ1) is 22.6. The Balaban J connectivity index is 1.50. The third kappa shape index (κ3) is 4.75. The van der Waals surface area contributed by atoms with Crippen LogP contribution in [0.25, 0.3) is 6.08 Å². The van der Waals surface area contributed by atoms with Gasteiger partial charge < -0.3 is 23.7 Å². The van der Waals surface area contributed by atoms with Crippen molar-refractivity contribution in [3.05, 3.63) is 89.1 Å². The van der Waals surface area contributed by atoms with Crippen LogP contribution in [0.4, 0.5) is 0 Å². The molecular weight excluding hydrogens is 438 g/mol. The largest absolute Gasteiger partial charge is 0.493 e. The Morgan fingerprint density at radius 3 is 2.12 bits per heavy atom. The average molecular weight is 459 g/mol. The Morgan fingerprint density at radius 1 is 0.882 bits per heavy atom. The monoisotopic (exact) mass is 459 g/mol. The molecular formula is C26H21NO7. The average Bonchev–Trinajstić information content (AvgIpc) is 3.24. The summed E-state index contributed by atoms with van der Waals surface area (Å²) >= 11 is 0. The lowest BCUT2D eigenvalue weighted by molar-refractivity contribution is -0.129.